The van der Waals surface area contributed by atoms with E-state index in [-0.39, 0.29) is 5.97 Å². The van der Waals surface area contributed by atoms with Crippen LogP contribution in [0, 0.1) is 0 Å². The molecule has 0 heterocycles. The van der Waals surface area contributed by atoms with Gasteiger partial charge in [-0.1, -0.05) is 0 Å². The Morgan fingerprint density at radius 1 is 1.00 bits per heavy atom. The largest absolute Gasteiger partial charge is 0.466 e. The lowest BCUT2D eigenvalue weighted by molar-refractivity contribution is -0.142. The van der Waals surface area contributed by atoms with E-state index in [0.29, 0.717) is 19.2 Å². The fourth-order valence-corrected chi connectivity index (χ4v) is 7.60. The summed E-state index contributed by atoms with van der Waals surface area (Å²) in [6.07, 6.45) is 1.03. The second-order valence-electron chi connectivity index (χ2n) is 6.02. The Kier molecular flexibility index (Phi) is 7.86. The van der Waals surface area contributed by atoms with Crippen molar-refractivity contribution < 1.29 is 18.0 Å². The number of carbonyl (C=O) groups excluding carboxylic acids is 1. The van der Waals surface area contributed by atoms with Gasteiger partial charge < -0.3 is 13.2 Å². The highest BCUT2D eigenvalue weighted by Crippen LogP contribution is 2.44. The molecule has 18 heavy (non-hydrogen) atoms. The van der Waals surface area contributed by atoms with Gasteiger partial charge in [0, 0.05) is 6.16 Å². The van der Waals surface area contributed by atoms with Gasteiger partial charge in [0.05, 0.1) is 13.0 Å². The predicted molar refractivity (Wildman–Crippen MR) is 81.9 cm³/mol. The molecule has 0 bridgehead atoms. The van der Waals surface area contributed by atoms with E-state index in [9.17, 15) is 4.79 Å². The van der Waals surface area contributed by atoms with Crippen LogP contribution < -0.4 is 0 Å². The van der Waals surface area contributed by atoms with Gasteiger partial charge in [-0.3, -0.25) is 4.79 Å². The van der Waals surface area contributed by atoms with Gasteiger partial charge in [0.2, 0.25) is 0 Å². The van der Waals surface area contributed by atoms with E-state index in [1.165, 1.54) is 0 Å². The standard InChI is InChI=1S/C11H27O4PSi2/c1-8-13-11(12)9-10-16(14-17(2,3)4)15-18(5,6)7/h8-10H2,1-7H3. The van der Waals surface area contributed by atoms with E-state index in [0.717, 1.165) is 0 Å². The maximum absolute atomic E-state index is 11.4. The molecule has 0 amide bonds. The molecule has 0 aromatic heterocycles. The number of esters is 1. The Labute approximate surface area is 115 Å². The van der Waals surface area contributed by atoms with E-state index in [4.69, 9.17) is 13.2 Å². The number of ether oxygens (including phenoxy) is 1. The molecule has 0 aliphatic heterocycles. The van der Waals surface area contributed by atoms with Gasteiger partial charge in [-0.25, -0.2) is 0 Å². The smallest absolute Gasteiger partial charge is 0.306 e. The van der Waals surface area contributed by atoms with E-state index in [1.54, 1.807) is 0 Å². The number of rotatable bonds is 8. The molecule has 0 saturated carbocycles. The van der Waals surface area contributed by atoms with Crippen LogP contribution in [-0.4, -0.2) is 35.4 Å². The average Bonchev–Trinajstić information content (AvgIpc) is 2.09. The van der Waals surface area contributed by atoms with E-state index in [1.807, 2.05) is 6.92 Å². The molecule has 0 aliphatic rings. The molecule has 0 aliphatic carbocycles. The first-order chi connectivity index (χ1) is 8.03. The fourth-order valence-electron chi connectivity index (χ4n) is 1.14. The van der Waals surface area contributed by atoms with Crippen LogP contribution in [0.3, 0.4) is 0 Å². The second-order valence-corrected chi connectivity index (χ2v) is 17.0. The van der Waals surface area contributed by atoms with Gasteiger partial charge in [0.1, 0.15) is 8.38 Å². The Hall–Kier alpha value is 0.254. The third-order valence-electron chi connectivity index (χ3n) is 1.56. The summed E-state index contributed by atoms with van der Waals surface area (Å²) in [5.74, 6) is -0.164. The minimum Gasteiger partial charge on any atom is -0.466 e. The molecule has 0 aromatic carbocycles. The normalized spacial score (nSPS) is 12.9. The molecular weight excluding hydrogens is 283 g/mol. The van der Waals surface area contributed by atoms with Crippen LogP contribution in [0.1, 0.15) is 13.3 Å². The topological polar surface area (TPSA) is 44.8 Å². The third-order valence-corrected chi connectivity index (χ3v) is 8.15. The molecule has 108 valence electrons. The molecule has 0 N–H and O–H groups in total. The predicted octanol–water partition coefficient (Wildman–Crippen LogP) is 3.95. The molecule has 0 unspecified atom stereocenters. The maximum atomic E-state index is 11.4. The molecule has 0 rings (SSSR count). The van der Waals surface area contributed by atoms with Crippen molar-refractivity contribution in [3.8, 4) is 0 Å². The van der Waals surface area contributed by atoms with Crippen molar-refractivity contribution in [2.45, 2.75) is 52.6 Å². The zero-order valence-electron chi connectivity index (χ0n) is 12.7. The molecule has 0 fully saturated rings. The first kappa shape index (κ1) is 18.3. The highest BCUT2D eigenvalue weighted by Gasteiger charge is 2.28. The minimum atomic E-state index is -1.64. The molecule has 4 nitrogen and oxygen atoms in total. The van der Waals surface area contributed by atoms with Crippen molar-refractivity contribution >= 4 is 31.0 Å². The first-order valence-electron chi connectivity index (χ1n) is 6.35. The van der Waals surface area contributed by atoms with Crippen LogP contribution in [0.15, 0.2) is 0 Å². The first-order valence-corrected chi connectivity index (χ1v) is 14.5. The van der Waals surface area contributed by atoms with Crippen LogP contribution in [0.2, 0.25) is 39.3 Å². The Balaban J connectivity index is 4.34. The molecular formula is C11H27O4PSi2. The van der Waals surface area contributed by atoms with Crippen molar-refractivity contribution in [3.05, 3.63) is 0 Å². The summed E-state index contributed by atoms with van der Waals surface area (Å²) in [4.78, 5) is 11.4. The SMILES string of the molecule is CCOC(=O)CCP(O[Si](C)(C)C)O[Si](C)(C)C. The fraction of sp³-hybridized carbons (Fsp3) is 0.909. The van der Waals surface area contributed by atoms with Gasteiger partial charge in [-0.15, -0.1) is 0 Å². The maximum Gasteiger partial charge on any atom is 0.306 e. The summed E-state index contributed by atoms with van der Waals surface area (Å²) < 4.78 is 17.0. The summed E-state index contributed by atoms with van der Waals surface area (Å²) in [6, 6.07) is 0. The number of carbonyl (C=O) groups is 1. The van der Waals surface area contributed by atoms with Crippen LogP contribution >= 0.6 is 8.38 Å². The highest BCUT2D eigenvalue weighted by molar-refractivity contribution is 7.50. The summed E-state index contributed by atoms with van der Waals surface area (Å²) in [7, 11) is -4.23. The molecule has 7 heteroatoms. The molecule has 0 spiro atoms. The highest BCUT2D eigenvalue weighted by atomic mass is 31.2. The van der Waals surface area contributed by atoms with E-state index in [2.05, 4.69) is 39.3 Å². The van der Waals surface area contributed by atoms with Crippen molar-refractivity contribution in [3.63, 3.8) is 0 Å². The summed E-state index contributed by atoms with van der Waals surface area (Å²) in [5, 5.41) is 0. The number of hydrogen-bond donors (Lipinski definition) is 0. The summed E-state index contributed by atoms with van der Waals surface area (Å²) in [5.41, 5.74) is 0. The Morgan fingerprint density at radius 2 is 1.44 bits per heavy atom. The Morgan fingerprint density at radius 3 is 1.78 bits per heavy atom. The van der Waals surface area contributed by atoms with Crippen molar-refractivity contribution in [1.82, 2.24) is 0 Å². The van der Waals surface area contributed by atoms with Gasteiger partial charge >= 0.3 is 5.97 Å². The monoisotopic (exact) mass is 310 g/mol. The summed E-state index contributed by atoms with van der Waals surface area (Å²) >= 11 is 0. The van der Waals surface area contributed by atoms with E-state index >= 15 is 0 Å². The lowest BCUT2D eigenvalue weighted by Gasteiger charge is -2.30. The van der Waals surface area contributed by atoms with E-state index < -0.39 is 25.0 Å². The molecule has 0 saturated heterocycles. The summed E-state index contributed by atoms with van der Waals surface area (Å²) in [6.45, 7) is 15.1. The van der Waals surface area contributed by atoms with Crippen LogP contribution in [0.5, 0.6) is 0 Å². The van der Waals surface area contributed by atoms with Crippen molar-refractivity contribution in [1.29, 1.82) is 0 Å². The van der Waals surface area contributed by atoms with Crippen LogP contribution in [0.25, 0.3) is 0 Å². The molecule has 0 aromatic rings. The van der Waals surface area contributed by atoms with Crippen LogP contribution in [0.4, 0.5) is 0 Å². The second kappa shape index (κ2) is 7.75. The lowest BCUT2D eigenvalue weighted by atomic mass is 10.5. The van der Waals surface area contributed by atoms with Crippen molar-refractivity contribution in [2.75, 3.05) is 12.8 Å². The number of hydrogen-bond acceptors (Lipinski definition) is 4. The lowest BCUT2D eigenvalue weighted by Crippen LogP contribution is -2.29. The van der Waals surface area contributed by atoms with Gasteiger partial charge in [-0.2, -0.15) is 0 Å². The quantitative estimate of drug-likeness (QED) is 0.387. The van der Waals surface area contributed by atoms with Gasteiger partial charge in [0.15, 0.2) is 16.6 Å². The minimum absolute atomic E-state index is 0.164. The zero-order chi connectivity index (χ0) is 14.4. The Bertz CT molecular complexity index is 245. The molecule has 0 radical (unpaired) electrons. The van der Waals surface area contributed by atoms with Crippen LogP contribution in [-0.2, 0) is 18.0 Å². The third kappa shape index (κ3) is 11.4. The zero-order valence-corrected chi connectivity index (χ0v) is 15.6. The average molecular weight is 310 g/mol. The molecule has 0 atom stereocenters. The van der Waals surface area contributed by atoms with Gasteiger partial charge in [0.25, 0.3) is 0 Å². The van der Waals surface area contributed by atoms with Gasteiger partial charge in [-0.05, 0) is 46.2 Å². The van der Waals surface area contributed by atoms with Crippen molar-refractivity contribution in [2.24, 2.45) is 0 Å².